The molecule has 244 valence electrons. The van der Waals surface area contributed by atoms with Gasteiger partial charge in [-0.2, -0.15) is 4.31 Å². The fourth-order valence-electron chi connectivity index (χ4n) is 5.25. The van der Waals surface area contributed by atoms with Crippen molar-refractivity contribution in [1.29, 1.82) is 0 Å². The molecular formula is C31H35N5O8S2. The molecule has 1 heterocycles. The zero-order valence-corrected chi connectivity index (χ0v) is 27.1. The van der Waals surface area contributed by atoms with Gasteiger partial charge >= 0.3 is 5.97 Å². The fraction of sp³-hybridized carbons (Fsp3) is 0.290. The summed E-state index contributed by atoms with van der Waals surface area (Å²) in [6.45, 7) is 5.41. The maximum atomic E-state index is 13.4. The zero-order valence-electron chi connectivity index (χ0n) is 25.5. The fourth-order valence-corrected chi connectivity index (χ4v) is 8.45. The number of aryl methyl sites for hydroxylation is 3. The highest BCUT2D eigenvalue weighted by molar-refractivity contribution is 7.90. The van der Waals surface area contributed by atoms with Crippen LogP contribution in [0.1, 0.15) is 35.1 Å². The Morgan fingerprint density at radius 2 is 1.67 bits per heavy atom. The van der Waals surface area contributed by atoms with Crippen LogP contribution >= 0.6 is 0 Å². The summed E-state index contributed by atoms with van der Waals surface area (Å²) in [4.78, 5) is 26.9. The van der Waals surface area contributed by atoms with E-state index >= 15 is 0 Å². The van der Waals surface area contributed by atoms with Crippen LogP contribution < -0.4 is 10.5 Å². The first-order valence-electron chi connectivity index (χ1n) is 14.3. The standard InChI is InChI=1S/C31H35N5O8S2/c1-21-18-22(2)30(23(3)19-21)45(40,41)34-31(32)33-17-7-10-27-28(15-16-29(37)44-20-24-8-5-4-6-9-24)35(27)46(42,43)26-13-11-25(12-14-26)36(38)39/h4-6,8-9,11-16,18-19,27-28H,7,10,17,20H2,1-3H3,(H3,32,33,34)/b16-15+/t27-,28+,35?/m0/s1. The molecule has 0 saturated carbocycles. The van der Waals surface area contributed by atoms with Gasteiger partial charge in [-0.25, -0.2) is 26.4 Å². The molecule has 3 aromatic rings. The lowest BCUT2D eigenvalue weighted by Crippen LogP contribution is -2.37. The first kappa shape index (κ1) is 34.3. The highest BCUT2D eigenvalue weighted by Crippen LogP contribution is 2.39. The summed E-state index contributed by atoms with van der Waals surface area (Å²) in [5.41, 5.74) is 8.50. The second kappa shape index (κ2) is 14.2. The first-order chi connectivity index (χ1) is 21.7. The van der Waals surface area contributed by atoms with Gasteiger partial charge in [0.1, 0.15) is 6.61 Å². The van der Waals surface area contributed by atoms with Gasteiger partial charge in [-0.05, 0) is 62.4 Å². The van der Waals surface area contributed by atoms with Crippen molar-refractivity contribution < 1.29 is 31.3 Å². The molecular weight excluding hydrogens is 635 g/mol. The number of nitrogens with one attached hydrogen (secondary N) is 1. The van der Waals surface area contributed by atoms with Crippen LogP contribution in [-0.2, 0) is 36.2 Å². The van der Waals surface area contributed by atoms with E-state index in [1.54, 1.807) is 38.1 Å². The molecule has 3 N–H and O–H groups in total. The summed E-state index contributed by atoms with van der Waals surface area (Å²) in [5.74, 6) is -0.950. The number of nitrogens with two attached hydrogens (primary N) is 1. The molecule has 15 heteroatoms. The third kappa shape index (κ3) is 8.35. The lowest BCUT2D eigenvalue weighted by atomic mass is 10.1. The number of hydrogen-bond donors (Lipinski definition) is 2. The van der Waals surface area contributed by atoms with E-state index in [0.717, 1.165) is 35.4 Å². The van der Waals surface area contributed by atoms with E-state index in [1.165, 1.54) is 16.5 Å². The number of nitrogens with zero attached hydrogens (tertiary/aromatic N) is 3. The number of guanidine groups is 1. The van der Waals surface area contributed by atoms with Gasteiger partial charge in [0.15, 0.2) is 0 Å². The Bertz CT molecular complexity index is 1850. The molecule has 3 aromatic carbocycles. The van der Waals surface area contributed by atoms with Crippen molar-refractivity contribution in [3.05, 3.63) is 111 Å². The van der Waals surface area contributed by atoms with E-state index in [9.17, 15) is 31.7 Å². The topological polar surface area (TPSA) is 191 Å². The Balaban J connectivity index is 1.43. The number of nitro benzene ring substituents is 1. The highest BCUT2D eigenvalue weighted by Gasteiger charge is 2.53. The maximum absolute atomic E-state index is 13.4. The number of carbonyl (C=O) groups excluding carboxylic acids is 1. The van der Waals surface area contributed by atoms with Crippen LogP contribution in [0.5, 0.6) is 0 Å². The maximum Gasteiger partial charge on any atom is 0.330 e. The Labute approximate surface area is 268 Å². The number of ether oxygens (including phenoxy) is 1. The summed E-state index contributed by atoms with van der Waals surface area (Å²) in [6, 6.07) is 15.9. The molecule has 1 aliphatic rings. The number of hydrogen-bond acceptors (Lipinski definition) is 9. The lowest BCUT2D eigenvalue weighted by molar-refractivity contribution is -0.384. The van der Waals surface area contributed by atoms with E-state index in [-0.39, 0.29) is 34.6 Å². The molecule has 4 rings (SSSR count). The number of carbonyl (C=O) groups is 1. The predicted octanol–water partition coefficient (Wildman–Crippen LogP) is 3.63. The Kier molecular flexibility index (Phi) is 10.6. The molecule has 0 spiro atoms. The van der Waals surface area contributed by atoms with Gasteiger partial charge in [0.2, 0.25) is 16.0 Å². The van der Waals surface area contributed by atoms with E-state index in [1.807, 2.05) is 25.1 Å². The molecule has 1 aliphatic heterocycles. The molecule has 1 saturated heterocycles. The summed E-state index contributed by atoms with van der Waals surface area (Å²) in [7, 11) is -8.06. The average Bonchev–Trinajstić information content (AvgIpc) is 3.70. The summed E-state index contributed by atoms with van der Waals surface area (Å²) in [5, 5.41) is 11.0. The van der Waals surface area contributed by atoms with Crippen LogP contribution in [0, 0.1) is 30.9 Å². The van der Waals surface area contributed by atoms with Gasteiger partial charge < -0.3 is 10.5 Å². The van der Waals surface area contributed by atoms with Crippen molar-refractivity contribution >= 4 is 37.7 Å². The minimum atomic E-state index is -4.07. The smallest absolute Gasteiger partial charge is 0.330 e. The van der Waals surface area contributed by atoms with Gasteiger partial charge in [0.05, 0.1) is 20.8 Å². The van der Waals surface area contributed by atoms with Gasteiger partial charge in [-0.15, -0.1) is 0 Å². The van der Waals surface area contributed by atoms with Crippen LogP contribution in [0.25, 0.3) is 0 Å². The lowest BCUT2D eigenvalue weighted by Gasteiger charge is -2.13. The van der Waals surface area contributed by atoms with Crippen LogP contribution in [0.3, 0.4) is 0 Å². The number of aliphatic imine (C=N–C) groups is 1. The second-order valence-electron chi connectivity index (χ2n) is 10.8. The van der Waals surface area contributed by atoms with E-state index in [2.05, 4.69) is 9.71 Å². The first-order valence-corrected chi connectivity index (χ1v) is 17.2. The third-order valence-electron chi connectivity index (χ3n) is 7.25. The van der Waals surface area contributed by atoms with Crippen LogP contribution in [0.2, 0.25) is 0 Å². The molecule has 0 aliphatic carbocycles. The number of esters is 1. The van der Waals surface area contributed by atoms with Crippen molar-refractivity contribution in [3.63, 3.8) is 0 Å². The minimum absolute atomic E-state index is 0.0507. The number of nitro groups is 1. The second-order valence-corrected chi connectivity index (χ2v) is 14.3. The monoisotopic (exact) mass is 669 g/mol. The molecule has 13 nitrogen and oxygen atoms in total. The van der Waals surface area contributed by atoms with Gasteiger partial charge in [-0.3, -0.25) is 15.1 Å². The van der Waals surface area contributed by atoms with E-state index in [4.69, 9.17) is 10.5 Å². The van der Waals surface area contributed by atoms with E-state index < -0.39 is 43.0 Å². The molecule has 1 fully saturated rings. The largest absolute Gasteiger partial charge is 0.458 e. The Morgan fingerprint density at radius 3 is 2.28 bits per heavy atom. The summed E-state index contributed by atoms with van der Waals surface area (Å²) in [6.07, 6.45) is 3.26. The number of benzene rings is 3. The molecule has 0 aromatic heterocycles. The highest BCUT2D eigenvalue weighted by atomic mass is 32.2. The number of rotatable bonds is 13. The van der Waals surface area contributed by atoms with Crippen molar-refractivity contribution in [2.24, 2.45) is 10.7 Å². The van der Waals surface area contributed by atoms with Crippen molar-refractivity contribution in [1.82, 2.24) is 9.03 Å². The SMILES string of the molecule is Cc1cc(C)c(S(=O)(=O)NC(N)=NCCC[C@H]2[C@@H](/C=C/C(=O)OCc3ccccc3)N2S(=O)(=O)c2ccc([N+](=O)[O-])cc2)c(C)c1. The number of non-ortho nitro benzene ring substituents is 1. The summed E-state index contributed by atoms with van der Waals surface area (Å²) >= 11 is 0. The van der Waals surface area contributed by atoms with Crippen molar-refractivity contribution in [2.45, 2.75) is 62.1 Å². The van der Waals surface area contributed by atoms with Crippen molar-refractivity contribution in [2.75, 3.05) is 6.54 Å². The summed E-state index contributed by atoms with van der Waals surface area (Å²) < 4.78 is 61.6. The Morgan fingerprint density at radius 1 is 1.04 bits per heavy atom. The van der Waals surface area contributed by atoms with Crippen LogP contribution in [0.15, 0.2) is 93.7 Å². The van der Waals surface area contributed by atoms with Gasteiger partial charge in [-0.1, -0.05) is 54.1 Å². The predicted molar refractivity (Wildman–Crippen MR) is 172 cm³/mol. The van der Waals surface area contributed by atoms with Gasteiger partial charge in [0, 0.05) is 30.8 Å². The van der Waals surface area contributed by atoms with Crippen LogP contribution in [-0.4, -0.2) is 56.6 Å². The molecule has 46 heavy (non-hydrogen) atoms. The molecule has 3 atom stereocenters. The normalized spacial score (nSPS) is 18.3. The third-order valence-corrected chi connectivity index (χ3v) is 10.9. The van der Waals surface area contributed by atoms with Crippen molar-refractivity contribution in [3.8, 4) is 0 Å². The quantitative estimate of drug-likeness (QED) is 0.0400. The minimum Gasteiger partial charge on any atom is -0.458 e. The molecule has 1 unspecified atom stereocenters. The Hall–Kier alpha value is -4.60. The average molecular weight is 670 g/mol. The molecule has 0 amide bonds. The zero-order chi connectivity index (χ0) is 33.6. The molecule has 0 bridgehead atoms. The molecule has 0 radical (unpaired) electrons. The van der Waals surface area contributed by atoms with Gasteiger partial charge in [0.25, 0.3) is 15.7 Å². The van der Waals surface area contributed by atoms with E-state index in [0.29, 0.717) is 24.0 Å². The van der Waals surface area contributed by atoms with Crippen LogP contribution in [0.4, 0.5) is 5.69 Å². The number of sulfonamides is 2.